The van der Waals surface area contributed by atoms with E-state index in [0.29, 0.717) is 17.6 Å². The second kappa shape index (κ2) is 6.68. The number of anilines is 2. The average molecular weight is 315 g/mol. The van der Waals surface area contributed by atoms with Crippen molar-refractivity contribution in [2.45, 2.75) is 18.9 Å². The Bertz CT molecular complexity index is 648. The quantitative estimate of drug-likeness (QED) is 0.928. The molecule has 1 aliphatic rings. The Morgan fingerprint density at radius 1 is 1.35 bits per heavy atom. The van der Waals surface area contributed by atoms with Crippen molar-refractivity contribution in [3.8, 4) is 0 Å². The van der Waals surface area contributed by atoms with Gasteiger partial charge in [0.05, 0.1) is 11.8 Å². The molecule has 2 aromatic heterocycles. The molecule has 7 heteroatoms. The Kier molecular flexibility index (Phi) is 4.45. The molecule has 0 radical (unpaired) electrons. The molecule has 0 aromatic carbocycles. The summed E-state index contributed by atoms with van der Waals surface area (Å²) >= 11 is 0. The maximum Gasteiger partial charge on any atom is 0.257 e. The number of nitrogens with zero attached hydrogens (tertiary/aromatic N) is 4. The molecular weight excluding hydrogens is 294 g/mol. The van der Waals surface area contributed by atoms with Gasteiger partial charge in [0.25, 0.3) is 5.91 Å². The van der Waals surface area contributed by atoms with Crippen molar-refractivity contribution >= 4 is 17.7 Å². The summed E-state index contributed by atoms with van der Waals surface area (Å²) in [7, 11) is 3.83. The normalized spacial score (nSPS) is 15.5. The molecule has 122 valence electrons. The van der Waals surface area contributed by atoms with Gasteiger partial charge in [-0.3, -0.25) is 4.79 Å². The Labute approximate surface area is 135 Å². The van der Waals surface area contributed by atoms with E-state index >= 15 is 0 Å². The lowest BCUT2D eigenvalue weighted by Crippen LogP contribution is -2.42. The van der Waals surface area contributed by atoms with E-state index in [9.17, 15) is 4.79 Å². The minimum Gasteiger partial charge on any atom is -0.472 e. The molecule has 1 amide bonds. The average Bonchev–Trinajstić information content (AvgIpc) is 3.09. The molecule has 23 heavy (non-hydrogen) atoms. The number of carbonyl (C=O) groups is 1. The van der Waals surface area contributed by atoms with Crippen LogP contribution in [0, 0.1) is 0 Å². The lowest BCUT2D eigenvalue weighted by molar-refractivity contribution is 0.0717. The summed E-state index contributed by atoms with van der Waals surface area (Å²) in [6.07, 6.45) is 6.56. The molecule has 2 aromatic rings. The number of hydrogen-bond donors (Lipinski definition) is 1. The monoisotopic (exact) mass is 315 g/mol. The topological polar surface area (TPSA) is 74.5 Å². The highest BCUT2D eigenvalue weighted by molar-refractivity contribution is 5.93. The molecule has 0 aliphatic carbocycles. The fraction of sp³-hybridized carbons (Fsp3) is 0.438. The number of piperidine rings is 1. The predicted molar refractivity (Wildman–Crippen MR) is 87.6 cm³/mol. The summed E-state index contributed by atoms with van der Waals surface area (Å²) in [5.41, 5.74) is 0.614. The van der Waals surface area contributed by atoms with Crippen LogP contribution in [-0.2, 0) is 0 Å². The zero-order valence-electron chi connectivity index (χ0n) is 13.4. The Hall–Kier alpha value is -2.57. The van der Waals surface area contributed by atoms with E-state index in [0.717, 1.165) is 31.7 Å². The minimum atomic E-state index is 0.0362. The SMILES string of the molecule is CN(C)c1nccc(NC2CCN(C(=O)c3ccoc3)CC2)n1. The zero-order valence-corrected chi connectivity index (χ0v) is 13.4. The van der Waals surface area contributed by atoms with Gasteiger partial charge in [-0.15, -0.1) is 0 Å². The Morgan fingerprint density at radius 2 is 2.13 bits per heavy atom. The zero-order chi connectivity index (χ0) is 16.2. The van der Waals surface area contributed by atoms with Gasteiger partial charge in [-0.25, -0.2) is 4.98 Å². The van der Waals surface area contributed by atoms with Crippen molar-refractivity contribution in [3.05, 3.63) is 36.4 Å². The van der Waals surface area contributed by atoms with E-state index in [1.807, 2.05) is 30.0 Å². The second-order valence-corrected chi connectivity index (χ2v) is 5.86. The minimum absolute atomic E-state index is 0.0362. The van der Waals surface area contributed by atoms with Gasteiger partial charge in [0.1, 0.15) is 12.1 Å². The summed E-state index contributed by atoms with van der Waals surface area (Å²) in [6, 6.07) is 3.89. The first-order valence-corrected chi connectivity index (χ1v) is 7.72. The molecule has 7 nitrogen and oxygen atoms in total. The van der Waals surface area contributed by atoms with Crippen LogP contribution in [0.2, 0.25) is 0 Å². The largest absolute Gasteiger partial charge is 0.472 e. The van der Waals surface area contributed by atoms with E-state index in [4.69, 9.17) is 4.42 Å². The number of aromatic nitrogens is 2. The molecule has 1 N–H and O–H groups in total. The molecule has 0 saturated carbocycles. The lowest BCUT2D eigenvalue weighted by atomic mass is 10.0. The van der Waals surface area contributed by atoms with Crippen molar-refractivity contribution in [1.82, 2.24) is 14.9 Å². The van der Waals surface area contributed by atoms with Crippen LogP contribution in [0.4, 0.5) is 11.8 Å². The first-order valence-electron chi connectivity index (χ1n) is 7.72. The predicted octanol–water partition coefficient (Wildman–Crippen LogP) is 1.85. The van der Waals surface area contributed by atoms with Crippen molar-refractivity contribution in [1.29, 1.82) is 0 Å². The van der Waals surface area contributed by atoms with E-state index in [1.165, 1.54) is 12.5 Å². The molecule has 0 spiro atoms. The molecule has 1 fully saturated rings. The smallest absolute Gasteiger partial charge is 0.257 e. The molecule has 1 saturated heterocycles. The Morgan fingerprint density at radius 3 is 2.78 bits per heavy atom. The van der Waals surface area contributed by atoms with Gasteiger partial charge in [0.15, 0.2) is 0 Å². The second-order valence-electron chi connectivity index (χ2n) is 5.86. The van der Waals surface area contributed by atoms with Gasteiger partial charge >= 0.3 is 0 Å². The molecular formula is C16H21N5O2. The van der Waals surface area contributed by atoms with E-state index < -0.39 is 0 Å². The third kappa shape index (κ3) is 3.61. The van der Waals surface area contributed by atoms with Crippen LogP contribution in [0.5, 0.6) is 0 Å². The van der Waals surface area contributed by atoms with Gasteiger partial charge in [-0.1, -0.05) is 0 Å². The fourth-order valence-electron chi connectivity index (χ4n) is 2.65. The molecule has 3 rings (SSSR count). The highest BCUT2D eigenvalue weighted by atomic mass is 16.3. The highest BCUT2D eigenvalue weighted by Crippen LogP contribution is 2.18. The first kappa shape index (κ1) is 15.3. The summed E-state index contributed by atoms with van der Waals surface area (Å²) in [6.45, 7) is 1.46. The van der Waals surface area contributed by atoms with Crippen LogP contribution in [0.1, 0.15) is 23.2 Å². The maximum absolute atomic E-state index is 12.3. The van der Waals surface area contributed by atoms with Crippen molar-refractivity contribution < 1.29 is 9.21 Å². The summed E-state index contributed by atoms with van der Waals surface area (Å²) in [5, 5.41) is 3.44. The van der Waals surface area contributed by atoms with Crippen molar-refractivity contribution in [3.63, 3.8) is 0 Å². The van der Waals surface area contributed by atoms with Gasteiger partial charge in [0.2, 0.25) is 5.95 Å². The third-order valence-electron chi connectivity index (χ3n) is 3.95. The molecule has 1 aliphatic heterocycles. The van der Waals surface area contributed by atoms with Crippen LogP contribution in [0.25, 0.3) is 0 Å². The number of likely N-dealkylation sites (tertiary alicyclic amines) is 1. The van der Waals surface area contributed by atoms with Gasteiger partial charge in [0, 0.05) is 39.4 Å². The van der Waals surface area contributed by atoms with Gasteiger partial charge < -0.3 is 19.5 Å². The third-order valence-corrected chi connectivity index (χ3v) is 3.95. The summed E-state index contributed by atoms with van der Waals surface area (Å²) in [5.74, 6) is 1.54. The van der Waals surface area contributed by atoms with Gasteiger partial charge in [-0.05, 0) is 25.0 Å². The van der Waals surface area contributed by atoms with Crippen LogP contribution in [-0.4, -0.2) is 54.0 Å². The summed E-state index contributed by atoms with van der Waals surface area (Å²) in [4.78, 5) is 24.7. The van der Waals surface area contributed by atoms with Crippen LogP contribution in [0.15, 0.2) is 35.3 Å². The standard InChI is InChI=1S/C16H21N5O2/c1-20(2)16-17-7-3-14(19-16)18-13-4-8-21(9-5-13)15(22)12-6-10-23-11-12/h3,6-7,10-11,13H,4-5,8-9H2,1-2H3,(H,17,18,19). The number of amides is 1. The van der Waals surface area contributed by atoms with Crippen LogP contribution < -0.4 is 10.2 Å². The number of hydrogen-bond acceptors (Lipinski definition) is 6. The lowest BCUT2D eigenvalue weighted by Gasteiger charge is -2.32. The Balaban J connectivity index is 1.55. The van der Waals surface area contributed by atoms with Crippen molar-refractivity contribution in [2.75, 3.05) is 37.4 Å². The maximum atomic E-state index is 12.3. The van der Waals surface area contributed by atoms with Crippen molar-refractivity contribution in [2.24, 2.45) is 0 Å². The number of rotatable bonds is 4. The highest BCUT2D eigenvalue weighted by Gasteiger charge is 2.24. The number of nitrogens with one attached hydrogen (secondary N) is 1. The van der Waals surface area contributed by atoms with E-state index in [2.05, 4.69) is 15.3 Å². The molecule has 3 heterocycles. The number of furan rings is 1. The molecule has 0 bridgehead atoms. The summed E-state index contributed by atoms with van der Waals surface area (Å²) < 4.78 is 4.98. The van der Waals surface area contributed by atoms with Crippen LogP contribution in [0.3, 0.4) is 0 Å². The number of carbonyl (C=O) groups excluding carboxylic acids is 1. The van der Waals surface area contributed by atoms with Gasteiger partial charge in [-0.2, -0.15) is 4.98 Å². The van der Waals surface area contributed by atoms with Crippen LogP contribution >= 0.6 is 0 Å². The molecule has 0 atom stereocenters. The molecule has 0 unspecified atom stereocenters. The van der Waals surface area contributed by atoms with E-state index in [-0.39, 0.29) is 5.91 Å². The fourth-order valence-corrected chi connectivity index (χ4v) is 2.65. The van der Waals surface area contributed by atoms with E-state index in [1.54, 1.807) is 12.3 Å². The first-order chi connectivity index (χ1) is 11.1.